The van der Waals surface area contributed by atoms with Crippen molar-refractivity contribution < 1.29 is 22.3 Å². The molecule has 1 unspecified atom stereocenters. The van der Waals surface area contributed by atoms with E-state index in [1.165, 1.54) is 30.3 Å². The summed E-state index contributed by atoms with van der Waals surface area (Å²) in [7, 11) is -0.233. The Hall–Kier alpha value is -2.81. The average molecular weight is 432 g/mol. The molecular weight excluding hydrogens is 410 g/mol. The number of sulfonamides is 1. The number of benzene rings is 3. The standard InChI is InChI=1S/C22H22F2N2O3S/c1-26(2)22(14-27)16-4-3-5-18(12-16)25-30(28,29)19-9-6-15(7-10-19)20-11-8-17(23)13-21(20)24/h3-13,22,25,27H,14H2,1-2H3. The number of halogens is 2. The zero-order valence-corrected chi connectivity index (χ0v) is 17.3. The highest BCUT2D eigenvalue weighted by Crippen LogP contribution is 2.26. The van der Waals surface area contributed by atoms with Crippen molar-refractivity contribution in [2.75, 3.05) is 25.4 Å². The molecule has 0 aliphatic heterocycles. The predicted molar refractivity (Wildman–Crippen MR) is 113 cm³/mol. The third-order valence-electron chi connectivity index (χ3n) is 4.73. The number of aliphatic hydroxyl groups is 1. The van der Waals surface area contributed by atoms with Gasteiger partial charge in [0, 0.05) is 17.3 Å². The van der Waals surface area contributed by atoms with Gasteiger partial charge in [0.15, 0.2) is 0 Å². The smallest absolute Gasteiger partial charge is 0.261 e. The zero-order valence-electron chi connectivity index (χ0n) is 16.5. The molecule has 3 aromatic rings. The van der Waals surface area contributed by atoms with Crippen LogP contribution in [-0.2, 0) is 10.0 Å². The lowest BCUT2D eigenvalue weighted by Crippen LogP contribution is -2.23. The lowest BCUT2D eigenvalue weighted by Gasteiger charge is -2.23. The first kappa shape index (κ1) is 21.9. The van der Waals surface area contributed by atoms with Gasteiger partial charge in [-0.1, -0.05) is 24.3 Å². The highest BCUT2D eigenvalue weighted by atomic mass is 32.2. The summed E-state index contributed by atoms with van der Waals surface area (Å²) >= 11 is 0. The fraction of sp³-hybridized carbons (Fsp3) is 0.182. The molecule has 0 heterocycles. The first-order valence-corrected chi connectivity index (χ1v) is 10.6. The fourth-order valence-electron chi connectivity index (χ4n) is 3.13. The van der Waals surface area contributed by atoms with Crippen molar-refractivity contribution in [3.05, 3.63) is 83.9 Å². The Balaban J connectivity index is 1.84. The first-order chi connectivity index (χ1) is 14.2. The van der Waals surface area contributed by atoms with Gasteiger partial charge in [0.05, 0.1) is 17.5 Å². The second-order valence-corrected chi connectivity index (χ2v) is 8.72. The molecule has 8 heteroatoms. The summed E-state index contributed by atoms with van der Waals surface area (Å²) in [6.45, 7) is -0.107. The number of anilines is 1. The topological polar surface area (TPSA) is 69.6 Å². The van der Waals surface area contributed by atoms with Crippen LogP contribution in [0.3, 0.4) is 0 Å². The molecule has 3 rings (SSSR count). The van der Waals surface area contributed by atoms with Gasteiger partial charge in [0.25, 0.3) is 10.0 Å². The third-order valence-corrected chi connectivity index (χ3v) is 6.12. The van der Waals surface area contributed by atoms with Crippen LogP contribution in [0.2, 0.25) is 0 Å². The molecule has 0 amide bonds. The second-order valence-electron chi connectivity index (χ2n) is 7.04. The van der Waals surface area contributed by atoms with Crippen LogP contribution in [0.1, 0.15) is 11.6 Å². The summed E-state index contributed by atoms with van der Waals surface area (Å²) < 4.78 is 55.1. The fourth-order valence-corrected chi connectivity index (χ4v) is 4.18. The number of nitrogens with one attached hydrogen (secondary N) is 1. The highest BCUT2D eigenvalue weighted by Gasteiger charge is 2.17. The van der Waals surface area contributed by atoms with E-state index < -0.39 is 21.7 Å². The Morgan fingerprint density at radius 2 is 1.70 bits per heavy atom. The minimum absolute atomic E-state index is 0.00508. The van der Waals surface area contributed by atoms with Crippen molar-refractivity contribution in [3.8, 4) is 11.1 Å². The molecule has 5 nitrogen and oxygen atoms in total. The lowest BCUT2D eigenvalue weighted by molar-refractivity contribution is 0.171. The van der Waals surface area contributed by atoms with Crippen molar-refractivity contribution >= 4 is 15.7 Å². The number of hydrogen-bond donors (Lipinski definition) is 2. The summed E-state index contributed by atoms with van der Waals surface area (Å²) in [5, 5.41) is 9.58. The average Bonchev–Trinajstić information content (AvgIpc) is 2.68. The largest absolute Gasteiger partial charge is 0.394 e. The van der Waals surface area contributed by atoms with Crippen molar-refractivity contribution in [1.82, 2.24) is 4.90 Å². The molecule has 0 saturated carbocycles. The maximum atomic E-state index is 14.0. The van der Waals surface area contributed by atoms with Gasteiger partial charge in [-0.15, -0.1) is 0 Å². The molecule has 0 aliphatic carbocycles. The Kier molecular flexibility index (Phi) is 6.50. The van der Waals surface area contributed by atoms with Gasteiger partial charge >= 0.3 is 0 Å². The van der Waals surface area contributed by atoms with Gasteiger partial charge in [-0.2, -0.15) is 0 Å². The van der Waals surface area contributed by atoms with E-state index in [4.69, 9.17) is 0 Å². The van der Waals surface area contributed by atoms with E-state index in [2.05, 4.69) is 4.72 Å². The summed E-state index contributed by atoms with van der Waals surface area (Å²) in [4.78, 5) is 1.84. The van der Waals surface area contributed by atoms with Gasteiger partial charge in [-0.25, -0.2) is 17.2 Å². The molecule has 0 aliphatic rings. The molecule has 0 saturated heterocycles. The Bertz CT molecular complexity index is 1130. The van der Waals surface area contributed by atoms with Crippen molar-refractivity contribution in [3.63, 3.8) is 0 Å². The van der Waals surface area contributed by atoms with E-state index in [0.29, 0.717) is 11.3 Å². The van der Waals surface area contributed by atoms with Crippen LogP contribution in [0.4, 0.5) is 14.5 Å². The number of aliphatic hydroxyl groups excluding tert-OH is 1. The van der Waals surface area contributed by atoms with Crippen molar-refractivity contribution in [1.29, 1.82) is 0 Å². The van der Waals surface area contributed by atoms with Crippen LogP contribution in [0, 0.1) is 11.6 Å². The number of nitrogens with zero attached hydrogens (tertiary/aromatic N) is 1. The predicted octanol–water partition coefficient (Wildman–Crippen LogP) is 4.03. The second kappa shape index (κ2) is 8.91. The summed E-state index contributed by atoms with van der Waals surface area (Å²) in [6, 6.07) is 15.4. The highest BCUT2D eigenvalue weighted by molar-refractivity contribution is 7.92. The van der Waals surface area contributed by atoms with Gasteiger partial charge in [-0.3, -0.25) is 4.72 Å². The van der Waals surface area contributed by atoms with Crippen LogP contribution >= 0.6 is 0 Å². The number of likely N-dealkylation sites (N-methyl/N-ethyl adjacent to an activating group) is 1. The van der Waals surface area contributed by atoms with E-state index in [-0.39, 0.29) is 23.1 Å². The molecule has 0 fully saturated rings. The molecule has 158 valence electrons. The zero-order chi connectivity index (χ0) is 21.9. The van der Waals surface area contributed by atoms with Crippen LogP contribution in [0.5, 0.6) is 0 Å². The monoisotopic (exact) mass is 432 g/mol. The summed E-state index contributed by atoms with van der Waals surface area (Å²) in [6.07, 6.45) is 0. The lowest BCUT2D eigenvalue weighted by atomic mass is 10.1. The molecule has 30 heavy (non-hydrogen) atoms. The summed E-state index contributed by atoms with van der Waals surface area (Å²) in [5.74, 6) is -1.40. The maximum Gasteiger partial charge on any atom is 0.261 e. The van der Waals surface area contributed by atoms with Crippen molar-refractivity contribution in [2.24, 2.45) is 0 Å². The van der Waals surface area contributed by atoms with E-state index >= 15 is 0 Å². The van der Waals surface area contributed by atoms with Crippen molar-refractivity contribution in [2.45, 2.75) is 10.9 Å². The Morgan fingerprint density at radius 1 is 1.00 bits per heavy atom. The number of rotatable bonds is 7. The molecule has 0 spiro atoms. The first-order valence-electron chi connectivity index (χ1n) is 9.17. The summed E-state index contributed by atoms with van der Waals surface area (Å²) in [5.41, 5.74) is 1.75. The Labute approximate surface area is 174 Å². The van der Waals surface area contributed by atoms with Crippen LogP contribution in [0.25, 0.3) is 11.1 Å². The number of hydrogen-bond acceptors (Lipinski definition) is 4. The Morgan fingerprint density at radius 3 is 2.30 bits per heavy atom. The SMILES string of the molecule is CN(C)C(CO)c1cccc(NS(=O)(=O)c2ccc(-c3ccc(F)cc3F)cc2)c1. The normalized spacial score (nSPS) is 12.7. The molecule has 0 aromatic heterocycles. The quantitative estimate of drug-likeness (QED) is 0.592. The molecular formula is C22H22F2N2O3S. The van der Waals surface area contributed by atoms with Crippen LogP contribution in [-0.4, -0.2) is 39.1 Å². The molecule has 2 N–H and O–H groups in total. The minimum Gasteiger partial charge on any atom is -0.394 e. The van der Waals surface area contributed by atoms with E-state index in [0.717, 1.165) is 17.7 Å². The maximum absolute atomic E-state index is 14.0. The molecule has 3 aromatic carbocycles. The van der Waals surface area contributed by atoms with Gasteiger partial charge in [0.1, 0.15) is 11.6 Å². The molecule has 0 radical (unpaired) electrons. The van der Waals surface area contributed by atoms with Gasteiger partial charge in [-0.05, 0) is 61.6 Å². The van der Waals surface area contributed by atoms with Crippen LogP contribution < -0.4 is 4.72 Å². The minimum atomic E-state index is -3.88. The van der Waals surface area contributed by atoms with E-state index in [1.54, 1.807) is 18.2 Å². The third kappa shape index (κ3) is 4.84. The van der Waals surface area contributed by atoms with E-state index in [1.807, 2.05) is 25.1 Å². The van der Waals surface area contributed by atoms with Gasteiger partial charge < -0.3 is 10.0 Å². The van der Waals surface area contributed by atoms with E-state index in [9.17, 15) is 22.3 Å². The molecule has 0 bridgehead atoms. The van der Waals surface area contributed by atoms with Gasteiger partial charge in [0.2, 0.25) is 0 Å². The van der Waals surface area contributed by atoms with Crippen LogP contribution in [0.15, 0.2) is 71.6 Å². The molecule has 1 atom stereocenters.